The lowest BCUT2D eigenvalue weighted by Gasteiger charge is -2.10. The van der Waals surface area contributed by atoms with Crippen LogP contribution in [0.1, 0.15) is 28.8 Å². The van der Waals surface area contributed by atoms with E-state index in [9.17, 15) is 4.79 Å². The van der Waals surface area contributed by atoms with E-state index in [0.29, 0.717) is 31.1 Å². The molecule has 0 radical (unpaired) electrons. The first kappa shape index (κ1) is 18.2. The van der Waals surface area contributed by atoms with Crippen LogP contribution in [0.4, 0.5) is 0 Å². The molecule has 1 aromatic carbocycles. The second-order valence-electron chi connectivity index (χ2n) is 4.65. The summed E-state index contributed by atoms with van der Waals surface area (Å²) < 4.78 is 20.6. The molecule has 1 rings (SSSR count). The number of methoxy groups -OCH3 is 2. The highest BCUT2D eigenvalue weighted by atomic mass is 16.5. The Morgan fingerprint density at radius 3 is 2.14 bits per heavy atom. The molecular weight excluding hydrogens is 284 g/mol. The van der Waals surface area contributed by atoms with Crippen LogP contribution in [0.25, 0.3) is 5.76 Å². The van der Waals surface area contributed by atoms with E-state index < -0.39 is 0 Å². The van der Waals surface area contributed by atoms with Crippen molar-refractivity contribution in [2.75, 3.05) is 40.6 Å². The Kier molecular flexibility index (Phi) is 8.95. The molecule has 0 aromatic heterocycles. The summed E-state index contributed by atoms with van der Waals surface area (Å²) in [6.45, 7) is 6.49. The van der Waals surface area contributed by atoms with Crippen LogP contribution in [0.15, 0.2) is 30.8 Å². The number of carbonyl (C=O) groups is 1. The molecule has 122 valence electrons. The van der Waals surface area contributed by atoms with E-state index in [1.165, 1.54) is 7.11 Å². The van der Waals surface area contributed by atoms with E-state index in [-0.39, 0.29) is 5.97 Å². The zero-order chi connectivity index (χ0) is 16.2. The highest BCUT2D eigenvalue weighted by molar-refractivity contribution is 5.89. The fourth-order valence-electron chi connectivity index (χ4n) is 1.76. The van der Waals surface area contributed by atoms with E-state index in [2.05, 4.69) is 11.3 Å². The topological polar surface area (TPSA) is 54.0 Å². The molecule has 0 atom stereocenters. The van der Waals surface area contributed by atoms with Crippen molar-refractivity contribution < 1.29 is 23.7 Å². The molecule has 0 aliphatic rings. The molecule has 0 spiro atoms. The average molecular weight is 308 g/mol. The maximum Gasteiger partial charge on any atom is 0.337 e. The lowest BCUT2D eigenvalue weighted by Crippen LogP contribution is -2.04. The van der Waals surface area contributed by atoms with Crippen molar-refractivity contribution in [3.8, 4) is 0 Å². The van der Waals surface area contributed by atoms with Crippen LogP contribution in [0.2, 0.25) is 0 Å². The predicted molar refractivity (Wildman–Crippen MR) is 84.7 cm³/mol. The third-order valence-electron chi connectivity index (χ3n) is 2.97. The van der Waals surface area contributed by atoms with Gasteiger partial charge in [0, 0.05) is 38.9 Å². The quantitative estimate of drug-likeness (QED) is 0.357. The molecule has 0 amide bonds. The van der Waals surface area contributed by atoms with Crippen LogP contribution >= 0.6 is 0 Å². The van der Waals surface area contributed by atoms with E-state index in [0.717, 1.165) is 25.0 Å². The van der Waals surface area contributed by atoms with Gasteiger partial charge in [0.15, 0.2) is 0 Å². The molecule has 0 saturated carbocycles. The lowest BCUT2D eigenvalue weighted by atomic mass is 10.1. The van der Waals surface area contributed by atoms with Gasteiger partial charge in [-0.3, -0.25) is 0 Å². The lowest BCUT2D eigenvalue weighted by molar-refractivity contribution is 0.0600. The maximum atomic E-state index is 11.3. The van der Waals surface area contributed by atoms with Gasteiger partial charge in [-0.05, 0) is 18.6 Å². The molecule has 0 unspecified atom stereocenters. The van der Waals surface area contributed by atoms with Gasteiger partial charge in [-0.1, -0.05) is 18.7 Å². The van der Waals surface area contributed by atoms with Crippen molar-refractivity contribution in [3.63, 3.8) is 0 Å². The minimum Gasteiger partial charge on any atom is -0.494 e. The summed E-state index contributed by atoms with van der Waals surface area (Å²) >= 11 is 0. The number of benzene rings is 1. The third kappa shape index (κ3) is 6.74. The highest BCUT2D eigenvalue weighted by Crippen LogP contribution is 2.15. The number of rotatable bonds is 11. The Morgan fingerprint density at radius 2 is 1.55 bits per heavy atom. The first-order valence-corrected chi connectivity index (χ1v) is 7.26. The van der Waals surface area contributed by atoms with Crippen molar-refractivity contribution in [2.24, 2.45) is 0 Å². The molecule has 0 aliphatic heterocycles. The first-order chi connectivity index (χ1) is 10.7. The molecule has 0 heterocycles. The van der Waals surface area contributed by atoms with Crippen LogP contribution in [0, 0.1) is 0 Å². The SMILES string of the molecule is C=C(OCCCOCCCOC)c1ccc(C(=O)OC)cc1. The minimum absolute atomic E-state index is 0.358. The molecule has 0 N–H and O–H groups in total. The van der Waals surface area contributed by atoms with Crippen LogP contribution in [0.3, 0.4) is 0 Å². The molecule has 0 aliphatic carbocycles. The molecule has 1 aromatic rings. The highest BCUT2D eigenvalue weighted by Gasteiger charge is 2.06. The zero-order valence-electron chi connectivity index (χ0n) is 13.3. The van der Waals surface area contributed by atoms with Gasteiger partial charge in [0.05, 0.1) is 19.3 Å². The normalized spacial score (nSPS) is 10.3. The third-order valence-corrected chi connectivity index (χ3v) is 2.97. The zero-order valence-corrected chi connectivity index (χ0v) is 13.3. The van der Waals surface area contributed by atoms with Crippen LogP contribution in [0.5, 0.6) is 0 Å². The van der Waals surface area contributed by atoms with E-state index >= 15 is 0 Å². The summed E-state index contributed by atoms with van der Waals surface area (Å²) in [5.74, 6) is 0.222. The summed E-state index contributed by atoms with van der Waals surface area (Å²) in [6.07, 6.45) is 1.70. The maximum absolute atomic E-state index is 11.3. The Hall–Kier alpha value is -1.85. The average Bonchev–Trinajstić information content (AvgIpc) is 2.56. The second-order valence-corrected chi connectivity index (χ2v) is 4.65. The number of esters is 1. The summed E-state index contributed by atoms with van der Waals surface area (Å²) in [4.78, 5) is 11.3. The number of hydrogen-bond acceptors (Lipinski definition) is 5. The minimum atomic E-state index is -0.358. The Balaban J connectivity index is 2.21. The molecule has 0 fully saturated rings. The summed E-state index contributed by atoms with van der Waals surface area (Å²) in [7, 11) is 3.03. The molecule has 5 heteroatoms. The fourth-order valence-corrected chi connectivity index (χ4v) is 1.76. The van der Waals surface area contributed by atoms with E-state index in [1.807, 2.05) is 0 Å². The summed E-state index contributed by atoms with van der Waals surface area (Å²) in [5.41, 5.74) is 1.34. The molecular formula is C17H24O5. The van der Waals surface area contributed by atoms with E-state index in [4.69, 9.17) is 14.2 Å². The summed E-state index contributed by atoms with van der Waals surface area (Å²) in [6, 6.07) is 6.95. The van der Waals surface area contributed by atoms with Crippen molar-refractivity contribution in [1.29, 1.82) is 0 Å². The van der Waals surface area contributed by atoms with Gasteiger partial charge in [0.25, 0.3) is 0 Å². The van der Waals surface area contributed by atoms with Gasteiger partial charge in [-0.25, -0.2) is 4.79 Å². The van der Waals surface area contributed by atoms with Crippen LogP contribution in [-0.2, 0) is 18.9 Å². The summed E-state index contributed by atoms with van der Waals surface area (Å²) in [5, 5.41) is 0. The molecule has 5 nitrogen and oxygen atoms in total. The molecule has 0 bridgehead atoms. The van der Waals surface area contributed by atoms with Gasteiger partial charge in [0.2, 0.25) is 0 Å². The Labute approximate surface area is 131 Å². The second kappa shape index (κ2) is 10.8. The number of hydrogen-bond donors (Lipinski definition) is 0. The van der Waals surface area contributed by atoms with Crippen molar-refractivity contribution >= 4 is 11.7 Å². The predicted octanol–water partition coefficient (Wildman–Crippen LogP) is 2.90. The van der Waals surface area contributed by atoms with Crippen LogP contribution in [-0.4, -0.2) is 46.6 Å². The van der Waals surface area contributed by atoms with Gasteiger partial charge in [0.1, 0.15) is 5.76 Å². The van der Waals surface area contributed by atoms with E-state index in [1.54, 1.807) is 31.4 Å². The van der Waals surface area contributed by atoms with Gasteiger partial charge in [-0.15, -0.1) is 0 Å². The van der Waals surface area contributed by atoms with Gasteiger partial charge < -0.3 is 18.9 Å². The smallest absolute Gasteiger partial charge is 0.337 e. The van der Waals surface area contributed by atoms with Gasteiger partial charge in [-0.2, -0.15) is 0 Å². The largest absolute Gasteiger partial charge is 0.494 e. The number of carbonyl (C=O) groups excluding carboxylic acids is 1. The van der Waals surface area contributed by atoms with Crippen molar-refractivity contribution in [1.82, 2.24) is 0 Å². The van der Waals surface area contributed by atoms with Crippen molar-refractivity contribution in [2.45, 2.75) is 12.8 Å². The van der Waals surface area contributed by atoms with Crippen molar-refractivity contribution in [3.05, 3.63) is 42.0 Å². The van der Waals surface area contributed by atoms with Crippen LogP contribution < -0.4 is 0 Å². The number of ether oxygens (including phenoxy) is 4. The fraction of sp³-hybridized carbons (Fsp3) is 0.471. The first-order valence-electron chi connectivity index (χ1n) is 7.26. The standard InChI is InChI=1S/C17H24O5/c1-14(22-13-5-12-21-11-4-10-19-2)15-6-8-16(9-7-15)17(18)20-3/h6-9H,1,4-5,10-13H2,2-3H3. The van der Waals surface area contributed by atoms with Gasteiger partial charge >= 0.3 is 5.97 Å². The Bertz CT molecular complexity index is 453. The molecule has 22 heavy (non-hydrogen) atoms. The molecule has 0 saturated heterocycles. The monoisotopic (exact) mass is 308 g/mol. The Morgan fingerprint density at radius 1 is 0.955 bits per heavy atom.